The first-order chi connectivity index (χ1) is 17.4. The zero-order valence-corrected chi connectivity index (χ0v) is 21.1. The van der Waals surface area contributed by atoms with E-state index in [4.69, 9.17) is 15.5 Å². The summed E-state index contributed by atoms with van der Waals surface area (Å²) < 4.78 is 7.61. The van der Waals surface area contributed by atoms with Gasteiger partial charge in [-0.05, 0) is 86.6 Å². The molecule has 1 unspecified atom stereocenters. The largest absolute Gasteiger partial charge is 0.497 e. The van der Waals surface area contributed by atoms with E-state index >= 15 is 0 Å². The van der Waals surface area contributed by atoms with E-state index in [1.807, 2.05) is 24.3 Å². The van der Waals surface area contributed by atoms with Gasteiger partial charge in [0.2, 0.25) is 5.91 Å². The van der Waals surface area contributed by atoms with E-state index < -0.39 is 5.91 Å². The zero-order chi connectivity index (χ0) is 25.2. The van der Waals surface area contributed by atoms with Crippen LogP contribution in [0.25, 0.3) is 28.0 Å². The normalized spacial score (nSPS) is 16.1. The average Bonchev–Trinajstić information content (AvgIpc) is 3.15. The number of pyridine rings is 1. The number of benzene rings is 2. The number of methoxy groups -OCH3 is 1. The van der Waals surface area contributed by atoms with E-state index in [1.54, 1.807) is 19.2 Å². The highest BCUT2D eigenvalue weighted by atomic mass is 16.5. The Balaban J connectivity index is 1.62. The molecule has 1 aliphatic heterocycles. The number of aromatic nitrogens is 2. The van der Waals surface area contributed by atoms with Gasteiger partial charge in [0.25, 0.3) is 0 Å². The molecule has 1 amide bonds. The number of ether oxygens (including phenoxy) is 1. The van der Waals surface area contributed by atoms with Crippen molar-refractivity contribution in [3.05, 3.63) is 78.1 Å². The maximum atomic E-state index is 11.5. The lowest BCUT2D eigenvalue weighted by molar-refractivity contribution is 0.100. The maximum Gasteiger partial charge on any atom is 0.248 e. The van der Waals surface area contributed by atoms with Crippen molar-refractivity contribution in [2.75, 3.05) is 40.3 Å². The summed E-state index contributed by atoms with van der Waals surface area (Å²) in [7, 11) is 3.88. The van der Waals surface area contributed by atoms with Crippen LogP contribution in [0, 0.1) is 0 Å². The van der Waals surface area contributed by atoms with Gasteiger partial charge in [-0.15, -0.1) is 0 Å². The number of rotatable bonds is 6. The van der Waals surface area contributed by atoms with Gasteiger partial charge in [0.15, 0.2) is 0 Å². The third kappa shape index (κ3) is 4.72. The highest BCUT2D eigenvalue weighted by molar-refractivity contribution is 5.93. The van der Waals surface area contributed by atoms with Crippen molar-refractivity contribution < 1.29 is 9.53 Å². The molecule has 2 N–H and O–H groups in total. The highest BCUT2D eigenvalue weighted by Gasteiger charge is 2.26. The SMILES string of the molecule is COc1ccc(-c2nc3ccc(-c4ccc(C(N)=O)cc4)cn3c2C(C)N2CCCN(C)CC2)cc1. The number of carbonyl (C=O) groups excluding carboxylic acids is 1. The number of hydrogen-bond donors (Lipinski definition) is 1. The van der Waals surface area contributed by atoms with Crippen molar-refractivity contribution >= 4 is 11.6 Å². The molecule has 0 aliphatic carbocycles. The average molecular weight is 484 g/mol. The number of likely N-dealkylation sites (N-methyl/N-ethyl adjacent to an activating group) is 1. The fourth-order valence-corrected chi connectivity index (χ4v) is 5.05. The van der Waals surface area contributed by atoms with Gasteiger partial charge < -0.3 is 19.8 Å². The molecule has 0 radical (unpaired) electrons. The second kappa shape index (κ2) is 10.1. The molecular weight excluding hydrogens is 450 g/mol. The third-order valence-electron chi connectivity index (χ3n) is 7.22. The summed E-state index contributed by atoms with van der Waals surface area (Å²) in [6.45, 7) is 6.52. The van der Waals surface area contributed by atoms with Crippen LogP contribution in [-0.4, -0.2) is 65.4 Å². The summed E-state index contributed by atoms with van der Waals surface area (Å²) in [4.78, 5) is 21.6. The molecule has 4 aromatic rings. The summed E-state index contributed by atoms with van der Waals surface area (Å²) >= 11 is 0. The molecule has 0 saturated carbocycles. The van der Waals surface area contributed by atoms with E-state index in [1.165, 1.54) is 5.69 Å². The molecule has 0 spiro atoms. The second-order valence-electron chi connectivity index (χ2n) is 9.53. The maximum absolute atomic E-state index is 11.5. The number of nitrogens with two attached hydrogens (primary N) is 1. The van der Waals surface area contributed by atoms with Gasteiger partial charge in [0.05, 0.1) is 18.5 Å². The lowest BCUT2D eigenvalue weighted by Crippen LogP contribution is -2.32. The van der Waals surface area contributed by atoms with E-state index in [0.29, 0.717) is 5.56 Å². The van der Waals surface area contributed by atoms with Crippen LogP contribution in [0.15, 0.2) is 66.9 Å². The van der Waals surface area contributed by atoms with E-state index in [9.17, 15) is 4.79 Å². The number of carbonyl (C=O) groups is 1. The van der Waals surface area contributed by atoms with E-state index in [-0.39, 0.29) is 6.04 Å². The quantitative estimate of drug-likeness (QED) is 0.438. The second-order valence-corrected chi connectivity index (χ2v) is 9.53. The van der Waals surface area contributed by atoms with Gasteiger partial charge in [-0.3, -0.25) is 9.69 Å². The Bertz CT molecular complexity index is 1360. The summed E-state index contributed by atoms with van der Waals surface area (Å²) in [6, 6.07) is 19.9. The summed E-state index contributed by atoms with van der Waals surface area (Å²) in [5.41, 5.74) is 12.2. The summed E-state index contributed by atoms with van der Waals surface area (Å²) in [6.07, 6.45) is 3.30. The van der Waals surface area contributed by atoms with Crippen LogP contribution in [0.3, 0.4) is 0 Å². The van der Waals surface area contributed by atoms with Crippen molar-refractivity contribution in [3.8, 4) is 28.1 Å². The van der Waals surface area contributed by atoms with Gasteiger partial charge in [-0.1, -0.05) is 12.1 Å². The molecule has 2 aromatic heterocycles. The topological polar surface area (TPSA) is 76.1 Å². The molecular formula is C29H33N5O2. The van der Waals surface area contributed by atoms with Gasteiger partial charge in [0, 0.05) is 43.0 Å². The van der Waals surface area contributed by atoms with Crippen molar-refractivity contribution in [3.63, 3.8) is 0 Å². The summed E-state index contributed by atoms with van der Waals surface area (Å²) in [5.74, 6) is 0.407. The Kier molecular flexibility index (Phi) is 6.76. The van der Waals surface area contributed by atoms with Gasteiger partial charge in [-0.25, -0.2) is 4.98 Å². The Morgan fingerprint density at radius 2 is 1.61 bits per heavy atom. The Labute approximate surface area is 212 Å². The molecule has 36 heavy (non-hydrogen) atoms. The van der Waals surface area contributed by atoms with Crippen LogP contribution in [0.4, 0.5) is 0 Å². The minimum atomic E-state index is -0.421. The fourth-order valence-electron chi connectivity index (χ4n) is 5.05. The van der Waals surface area contributed by atoms with Gasteiger partial charge in [0.1, 0.15) is 11.4 Å². The molecule has 2 aromatic carbocycles. The van der Waals surface area contributed by atoms with Gasteiger partial charge >= 0.3 is 0 Å². The van der Waals surface area contributed by atoms with Crippen molar-refractivity contribution in [1.82, 2.24) is 19.2 Å². The first-order valence-corrected chi connectivity index (χ1v) is 12.4. The fraction of sp³-hybridized carbons (Fsp3) is 0.310. The first-order valence-electron chi connectivity index (χ1n) is 12.4. The van der Waals surface area contributed by atoms with E-state index in [0.717, 1.165) is 66.4 Å². The predicted molar refractivity (Wildman–Crippen MR) is 143 cm³/mol. The Morgan fingerprint density at radius 1 is 0.917 bits per heavy atom. The van der Waals surface area contributed by atoms with E-state index in [2.05, 4.69) is 58.6 Å². The molecule has 0 bridgehead atoms. The minimum Gasteiger partial charge on any atom is -0.497 e. The van der Waals surface area contributed by atoms with Crippen LogP contribution in [0.5, 0.6) is 5.75 Å². The van der Waals surface area contributed by atoms with Gasteiger partial charge in [-0.2, -0.15) is 0 Å². The smallest absolute Gasteiger partial charge is 0.248 e. The number of nitrogens with zero attached hydrogens (tertiary/aromatic N) is 4. The zero-order valence-electron chi connectivity index (χ0n) is 21.1. The number of imidazole rings is 1. The molecule has 5 rings (SSSR count). The molecule has 7 heteroatoms. The van der Waals surface area contributed by atoms with Crippen molar-refractivity contribution in [2.24, 2.45) is 5.73 Å². The standard InChI is InChI=1S/C29H33N5O2/c1-20(33-16-4-15-32(2)17-18-33)28-27(22-9-12-25(36-3)13-10-22)31-26-14-11-24(19-34(26)28)21-5-7-23(8-6-21)29(30)35/h5-14,19-20H,4,15-18H2,1-3H3,(H2,30,35). The minimum absolute atomic E-state index is 0.177. The lowest BCUT2D eigenvalue weighted by atomic mass is 10.0. The molecule has 1 atom stereocenters. The number of hydrogen-bond acceptors (Lipinski definition) is 5. The van der Waals surface area contributed by atoms with Crippen LogP contribution >= 0.6 is 0 Å². The molecule has 1 aliphatic rings. The molecule has 3 heterocycles. The third-order valence-corrected chi connectivity index (χ3v) is 7.22. The number of amides is 1. The monoisotopic (exact) mass is 483 g/mol. The molecule has 1 fully saturated rings. The van der Waals surface area contributed by atoms with Crippen molar-refractivity contribution in [1.29, 1.82) is 0 Å². The van der Waals surface area contributed by atoms with Crippen molar-refractivity contribution in [2.45, 2.75) is 19.4 Å². The number of primary amides is 1. The first kappa shape index (κ1) is 24.0. The molecule has 186 valence electrons. The lowest BCUT2D eigenvalue weighted by Gasteiger charge is -2.28. The van der Waals surface area contributed by atoms with Crippen LogP contribution in [-0.2, 0) is 0 Å². The molecule has 1 saturated heterocycles. The predicted octanol–water partition coefficient (Wildman–Crippen LogP) is 4.47. The van der Waals surface area contributed by atoms with Crippen LogP contribution in [0.1, 0.15) is 35.4 Å². The number of fused-ring (bicyclic) bond motifs is 1. The highest BCUT2D eigenvalue weighted by Crippen LogP contribution is 2.34. The Hall–Kier alpha value is -3.68. The van der Waals surface area contributed by atoms with Crippen LogP contribution in [0.2, 0.25) is 0 Å². The molecule has 7 nitrogen and oxygen atoms in total. The van der Waals surface area contributed by atoms with Crippen LogP contribution < -0.4 is 10.5 Å². The summed E-state index contributed by atoms with van der Waals surface area (Å²) in [5, 5.41) is 0. The Morgan fingerprint density at radius 3 is 2.31 bits per heavy atom.